The minimum atomic E-state index is 0.212. The third kappa shape index (κ3) is 3.20. The van der Waals surface area contributed by atoms with Gasteiger partial charge in [-0.3, -0.25) is 5.10 Å². The van der Waals surface area contributed by atoms with Crippen molar-refractivity contribution in [2.24, 2.45) is 11.7 Å². The fraction of sp³-hybridized carbons (Fsp3) is 0.833. The number of hydrogen-bond acceptors (Lipinski definition) is 5. The maximum absolute atomic E-state index is 6.08. The third-order valence-corrected chi connectivity index (χ3v) is 3.51. The van der Waals surface area contributed by atoms with Gasteiger partial charge in [0, 0.05) is 32.2 Å². The molecule has 1 aromatic heterocycles. The van der Waals surface area contributed by atoms with Crippen LogP contribution in [-0.4, -0.2) is 47.5 Å². The van der Waals surface area contributed by atoms with Crippen molar-refractivity contribution in [3.05, 3.63) is 5.82 Å². The summed E-state index contributed by atoms with van der Waals surface area (Å²) in [6, 6.07) is 0.212. The molecule has 6 nitrogen and oxygen atoms in total. The topological polar surface area (TPSA) is 80.1 Å². The smallest absolute Gasteiger partial charge is 0.244 e. The molecule has 2 heterocycles. The molecule has 1 aliphatic heterocycles. The number of aromatic amines is 1. The predicted molar refractivity (Wildman–Crippen MR) is 70.5 cm³/mol. The van der Waals surface area contributed by atoms with E-state index >= 15 is 0 Å². The van der Waals surface area contributed by atoms with Crippen molar-refractivity contribution in [3.63, 3.8) is 0 Å². The van der Waals surface area contributed by atoms with Gasteiger partial charge in [0.1, 0.15) is 5.82 Å². The molecule has 1 saturated heterocycles. The van der Waals surface area contributed by atoms with Crippen LogP contribution in [0, 0.1) is 5.92 Å². The molecule has 2 unspecified atom stereocenters. The maximum atomic E-state index is 6.08. The van der Waals surface area contributed by atoms with Crippen LogP contribution in [-0.2, 0) is 11.2 Å². The molecule has 1 fully saturated rings. The number of hydrogen-bond donors (Lipinski definition) is 2. The van der Waals surface area contributed by atoms with Gasteiger partial charge in [-0.05, 0) is 19.3 Å². The lowest BCUT2D eigenvalue weighted by Gasteiger charge is -2.34. The highest BCUT2D eigenvalue weighted by atomic mass is 16.5. The Morgan fingerprint density at radius 1 is 1.56 bits per heavy atom. The van der Waals surface area contributed by atoms with Crippen molar-refractivity contribution in [2.45, 2.75) is 32.7 Å². The molecular formula is C12H23N5O. The monoisotopic (exact) mass is 253 g/mol. The second-order valence-electron chi connectivity index (χ2n) is 4.90. The van der Waals surface area contributed by atoms with Gasteiger partial charge in [0.05, 0.1) is 6.61 Å². The molecule has 0 radical (unpaired) electrons. The summed E-state index contributed by atoms with van der Waals surface area (Å²) in [7, 11) is 0. The van der Waals surface area contributed by atoms with Crippen LogP contribution >= 0.6 is 0 Å². The third-order valence-electron chi connectivity index (χ3n) is 3.51. The molecule has 0 bridgehead atoms. The van der Waals surface area contributed by atoms with E-state index in [0.717, 1.165) is 44.3 Å². The largest absolute Gasteiger partial charge is 0.381 e. The first-order valence-electron chi connectivity index (χ1n) is 6.70. The van der Waals surface area contributed by atoms with Crippen LogP contribution in [0.2, 0.25) is 0 Å². The summed E-state index contributed by atoms with van der Waals surface area (Å²) in [5.74, 6) is 2.23. The highest BCUT2D eigenvalue weighted by Crippen LogP contribution is 2.19. The normalized spacial score (nSPS) is 24.5. The number of rotatable bonds is 5. The van der Waals surface area contributed by atoms with Crippen molar-refractivity contribution < 1.29 is 4.74 Å². The lowest BCUT2D eigenvalue weighted by Crippen LogP contribution is -2.48. The van der Waals surface area contributed by atoms with Gasteiger partial charge >= 0.3 is 0 Å². The van der Waals surface area contributed by atoms with Crippen LogP contribution in [0.4, 0.5) is 5.95 Å². The van der Waals surface area contributed by atoms with E-state index in [0.29, 0.717) is 12.5 Å². The Morgan fingerprint density at radius 2 is 2.39 bits per heavy atom. The Balaban J connectivity index is 1.89. The van der Waals surface area contributed by atoms with Crippen molar-refractivity contribution in [2.75, 3.05) is 31.2 Å². The van der Waals surface area contributed by atoms with E-state index in [1.165, 1.54) is 0 Å². The minimum Gasteiger partial charge on any atom is -0.381 e. The van der Waals surface area contributed by atoms with Crippen LogP contribution in [0.5, 0.6) is 0 Å². The van der Waals surface area contributed by atoms with Crippen molar-refractivity contribution >= 4 is 5.95 Å². The Morgan fingerprint density at radius 3 is 3.11 bits per heavy atom. The Labute approximate surface area is 108 Å². The quantitative estimate of drug-likeness (QED) is 0.749. The van der Waals surface area contributed by atoms with Crippen molar-refractivity contribution in [3.8, 4) is 0 Å². The molecule has 1 aliphatic rings. The first-order chi connectivity index (χ1) is 8.70. The number of ether oxygens (including phenoxy) is 1. The molecule has 18 heavy (non-hydrogen) atoms. The highest BCUT2D eigenvalue weighted by molar-refractivity contribution is 5.30. The van der Waals surface area contributed by atoms with Gasteiger partial charge in [-0.25, -0.2) is 0 Å². The van der Waals surface area contributed by atoms with Gasteiger partial charge in [0.2, 0.25) is 5.95 Å². The fourth-order valence-corrected chi connectivity index (χ4v) is 2.13. The van der Waals surface area contributed by atoms with E-state index in [2.05, 4.69) is 27.0 Å². The highest BCUT2D eigenvalue weighted by Gasteiger charge is 2.25. The van der Waals surface area contributed by atoms with E-state index in [1.54, 1.807) is 0 Å². The summed E-state index contributed by atoms with van der Waals surface area (Å²) >= 11 is 0. The summed E-state index contributed by atoms with van der Waals surface area (Å²) in [5, 5.41) is 7.22. The number of nitrogens with two attached hydrogens (primary N) is 1. The molecule has 2 atom stereocenters. The lowest BCUT2D eigenvalue weighted by atomic mass is 9.95. The SMILES string of the molecule is CCOCCc1nc(N2CCC(C)C(N)C2)n[nH]1. The van der Waals surface area contributed by atoms with E-state index in [9.17, 15) is 0 Å². The number of nitrogens with one attached hydrogen (secondary N) is 1. The van der Waals surface area contributed by atoms with E-state index in [1.807, 2.05) is 6.92 Å². The standard InChI is InChI=1S/C12H23N5O/c1-3-18-7-5-11-14-12(16-15-11)17-6-4-9(2)10(13)8-17/h9-10H,3-8,13H2,1-2H3,(H,14,15,16). The molecule has 3 N–H and O–H groups in total. The van der Waals surface area contributed by atoms with E-state index in [-0.39, 0.29) is 6.04 Å². The van der Waals surface area contributed by atoms with Gasteiger partial charge in [-0.15, -0.1) is 5.10 Å². The van der Waals surface area contributed by atoms with Crippen LogP contribution in [0.1, 0.15) is 26.1 Å². The molecule has 2 rings (SSSR count). The van der Waals surface area contributed by atoms with E-state index in [4.69, 9.17) is 10.5 Å². The van der Waals surface area contributed by atoms with Crippen LogP contribution in [0.15, 0.2) is 0 Å². The Hall–Kier alpha value is -1.14. The summed E-state index contributed by atoms with van der Waals surface area (Å²) < 4.78 is 5.30. The maximum Gasteiger partial charge on any atom is 0.244 e. The predicted octanol–water partition coefficient (Wildman–Crippen LogP) is 0.557. The summed E-state index contributed by atoms with van der Waals surface area (Å²) in [5.41, 5.74) is 6.08. The number of piperidine rings is 1. The van der Waals surface area contributed by atoms with Gasteiger partial charge in [-0.2, -0.15) is 4.98 Å². The van der Waals surface area contributed by atoms with Gasteiger partial charge in [0.25, 0.3) is 0 Å². The lowest BCUT2D eigenvalue weighted by molar-refractivity contribution is 0.149. The molecule has 0 aliphatic carbocycles. The first-order valence-corrected chi connectivity index (χ1v) is 6.70. The van der Waals surface area contributed by atoms with Gasteiger partial charge < -0.3 is 15.4 Å². The average molecular weight is 253 g/mol. The summed E-state index contributed by atoms with van der Waals surface area (Å²) in [6.45, 7) is 7.43. The number of nitrogens with zero attached hydrogens (tertiary/aromatic N) is 3. The van der Waals surface area contributed by atoms with Crippen molar-refractivity contribution in [1.29, 1.82) is 0 Å². The molecule has 6 heteroatoms. The Kier molecular flexibility index (Phi) is 4.54. The number of H-pyrrole nitrogens is 1. The van der Waals surface area contributed by atoms with Gasteiger partial charge in [-0.1, -0.05) is 6.92 Å². The molecule has 0 saturated carbocycles. The zero-order valence-corrected chi connectivity index (χ0v) is 11.2. The first kappa shape index (κ1) is 13.3. The van der Waals surface area contributed by atoms with Crippen LogP contribution in [0.25, 0.3) is 0 Å². The molecule has 1 aromatic rings. The van der Waals surface area contributed by atoms with Gasteiger partial charge in [0.15, 0.2) is 0 Å². The molecule has 0 spiro atoms. The zero-order valence-electron chi connectivity index (χ0n) is 11.2. The average Bonchev–Trinajstić information content (AvgIpc) is 2.82. The molecule has 0 aromatic carbocycles. The second kappa shape index (κ2) is 6.15. The Bertz CT molecular complexity index is 367. The molecule has 0 amide bonds. The zero-order chi connectivity index (χ0) is 13.0. The minimum absolute atomic E-state index is 0.212. The molecule has 102 valence electrons. The van der Waals surface area contributed by atoms with E-state index < -0.39 is 0 Å². The summed E-state index contributed by atoms with van der Waals surface area (Å²) in [4.78, 5) is 6.65. The number of anilines is 1. The second-order valence-corrected chi connectivity index (χ2v) is 4.90. The fourth-order valence-electron chi connectivity index (χ4n) is 2.13. The number of aromatic nitrogens is 3. The van der Waals surface area contributed by atoms with Crippen molar-refractivity contribution in [1.82, 2.24) is 15.2 Å². The summed E-state index contributed by atoms with van der Waals surface area (Å²) in [6.07, 6.45) is 1.88. The van der Waals surface area contributed by atoms with Crippen LogP contribution < -0.4 is 10.6 Å². The van der Waals surface area contributed by atoms with Crippen LogP contribution in [0.3, 0.4) is 0 Å². The molecular weight excluding hydrogens is 230 g/mol.